The maximum absolute atomic E-state index is 10.1. The average Bonchev–Trinajstić information content (AvgIpc) is 3.39. The molecular formula is C28H44N4O3. The van der Waals surface area contributed by atoms with Crippen LogP contribution in [0, 0.1) is 41.4 Å². The van der Waals surface area contributed by atoms with Crippen LogP contribution in [0.1, 0.15) is 52.9 Å². The molecule has 6 rings (SSSR count). The van der Waals surface area contributed by atoms with Gasteiger partial charge in [-0.3, -0.25) is 10.2 Å². The molecule has 6 aliphatic rings. The molecule has 0 aromatic rings. The zero-order valence-corrected chi connectivity index (χ0v) is 21.7. The summed E-state index contributed by atoms with van der Waals surface area (Å²) in [6.07, 6.45) is 13.9. The van der Waals surface area contributed by atoms with Gasteiger partial charge in [0.2, 0.25) is 0 Å². The molecule has 1 saturated carbocycles. The molecule has 0 aromatic heterocycles. The number of fused-ring (bicyclic) bond motifs is 3. The molecule has 35 heavy (non-hydrogen) atoms. The molecule has 0 aromatic carbocycles. The first kappa shape index (κ1) is 24.0. The molecule has 5 N–H and O–H groups in total. The van der Waals surface area contributed by atoms with E-state index in [1.807, 2.05) is 7.11 Å². The van der Waals surface area contributed by atoms with Crippen molar-refractivity contribution < 1.29 is 14.7 Å². The van der Waals surface area contributed by atoms with Crippen LogP contribution in [0.2, 0.25) is 0 Å². The van der Waals surface area contributed by atoms with Crippen LogP contribution in [-0.4, -0.2) is 49.3 Å². The lowest BCUT2D eigenvalue weighted by Crippen LogP contribution is -2.57. The van der Waals surface area contributed by atoms with E-state index in [0.717, 1.165) is 6.42 Å². The number of aliphatic hydroxyl groups excluding tert-OH is 1. The third-order valence-electron chi connectivity index (χ3n) is 10.1. The minimum Gasteiger partial charge on any atom is -0.396 e. The Bertz CT molecular complexity index is 893. The summed E-state index contributed by atoms with van der Waals surface area (Å²) in [6, 6.07) is 0.599. The summed E-state index contributed by atoms with van der Waals surface area (Å²) in [4.78, 5) is 5.79. The monoisotopic (exact) mass is 484 g/mol. The molecule has 3 heterocycles. The Labute approximate surface area is 210 Å². The van der Waals surface area contributed by atoms with Gasteiger partial charge in [-0.15, -0.1) is 0 Å². The lowest BCUT2D eigenvalue weighted by Gasteiger charge is -2.48. The van der Waals surface area contributed by atoms with Gasteiger partial charge in [0.15, 0.2) is 0 Å². The van der Waals surface area contributed by atoms with Crippen LogP contribution in [0.25, 0.3) is 0 Å². The molecule has 0 amide bonds. The van der Waals surface area contributed by atoms with E-state index in [9.17, 15) is 5.11 Å². The highest BCUT2D eigenvalue weighted by Crippen LogP contribution is 2.50. The third-order valence-corrected chi connectivity index (χ3v) is 10.1. The smallest absolute Gasteiger partial charge is 0.106 e. The second-order valence-corrected chi connectivity index (χ2v) is 12.0. The summed E-state index contributed by atoms with van der Waals surface area (Å²) < 4.78 is 6.16. The fraction of sp³-hybridized carbons (Fsp3) is 0.786. The number of allylic oxidation sites excluding steroid dienone is 1. The Balaban J connectivity index is 1.33. The van der Waals surface area contributed by atoms with E-state index in [-0.39, 0.29) is 25.0 Å². The third kappa shape index (κ3) is 3.98. The number of hydroxylamine groups is 1. The van der Waals surface area contributed by atoms with Gasteiger partial charge in [-0.25, -0.2) is 0 Å². The largest absolute Gasteiger partial charge is 0.396 e. The van der Waals surface area contributed by atoms with Gasteiger partial charge < -0.3 is 20.5 Å². The number of nitrogens with one attached hydrogen (secondary N) is 4. The van der Waals surface area contributed by atoms with Gasteiger partial charge >= 0.3 is 0 Å². The van der Waals surface area contributed by atoms with Crippen molar-refractivity contribution in [2.24, 2.45) is 41.4 Å². The van der Waals surface area contributed by atoms with Crippen molar-refractivity contribution in [2.45, 2.75) is 83.3 Å². The maximum Gasteiger partial charge on any atom is 0.106 e. The first-order valence-corrected chi connectivity index (χ1v) is 14.0. The maximum atomic E-state index is 10.1. The highest BCUT2D eigenvalue weighted by molar-refractivity contribution is 5.42. The summed E-state index contributed by atoms with van der Waals surface area (Å²) in [5.41, 5.74) is 6.02. The summed E-state index contributed by atoms with van der Waals surface area (Å²) >= 11 is 0. The van der Waals surface area contributed by atoms with Crippen LogP contribution >= 0.6 is 0 Å². The van der Waals surface area contributed by atoms with E-state index < -0.39 is 0 Å². The first-order valence-electron chi connectivity index (χ1n) is 14.0. The first-order chi connectivity index (χ1) is 17.0. The number of aliphatic hydroxyl groups is 1. The van der Waals surface area contributed by atoms with Crippen LogP contribution in [0.3, 0.4) is 0 Å². The summed E-state index contributed by atoms with van der Waals surface area (Å²) in [5, 5.41) is 21.5. The molecule has 7 nitrogen and oxygen atoms in total. The topological polar surface area (TPSA) is 86.8 Å². The van der Waals surface area contributed by atoms with E-state index >= 15 is 0 Å². The fourth-order valence-electron chi connectivity index (χ4n) is 8.53. The van der Waals surface area contributed by atoms with E-state index in [1.165, 1.54) is 42.8 Å². The summed E-state index contributed by atoms with van der Waals surface area (Å²) in [6.45, 7) is 6.89. The van der Waals surface area contributed by atoms with Crippen LogP contribution in [0.5, 0.6) is 0 Å². The molecule has 2 fully saturated rings. The average molecular weight is 485 g/mol. The predicted molar refractivity (Wildman–Crippen MR) is 135 cm³/mol. The van der Waals surface area contributed by atoms with Gasteiger partial charge in [0.05, 0.1) is 18.4 Å². The molecule has 1 saturated heterocycles. The highest BCUT2D eigenvalue weighted by atomic mass is 16.7. The quantitative estimate of drug-likeness (QED) is 0.392. The van der Waals surface area contributed by atoms with Crippen LogP contribution in [-0.2, 0) is 9.57 Å². The van der Waals surface area contributed by atoms with Gasteiger partial charge in [-0.2, -0.15) is 5.48 Å². The molecule has 12 atom stereocenters. The van der Waals surface area contributed by atoms with Crippen molar-refractivity contribution in [3.8, 4) is 0 Å². The molecule has 3 aliphatic carbocycles. The number of hydrogen-bond donors (Lipinski definition) is 5. The van der Waals surface area contributed by atoms with E-state index in [2.05, 4.69) is 60.4 Å². The number of rotatable bonds is 4. The Morgan fingerprint density at radius 2 is 1.89 bits per heavy atom. The zero-order valence-electron chi connectivity index (χ0n) is 21.7. The van der Waals surface area contributed by atoms with Gasteiger partial charge in [-0.05, 0) is 63.4 Å². The fourth-order valence-corrected chi connectivity index (χ4v) is 8.53. The SMILES string of the molecule is COC1CC2C(=CC1C1C(C)NO[C@H]1C)NC1=C2C(C2C=CC(CO)C3CCCCC23)NC(C)N1. The molecule has 0 spiro atoms. The van der Waals surface area contributed by atoms with Crippen molar-refractivity contribution in [3.05, 3.63) is 35.3 Å². The zero-order chi connectivity index (χ0) is 24.3. The van der Waals surface area contributed by atoms with Gasteiger partial charge in [0, 0.05) is 55.2 Å². The Hall–Kier alpha value is -1.38. The van der Waals surface area contributed by atoms with Crippen molar-refractivity contribution in [2.75, 3.05) is 13.7 Å². The lowest BCUT2D eigenvalue weighted by atomic mass is 9.61. The van der Waals surface area contributed by atoms with Crippen molar-refractivity contribution in [1.29, 1.82) is 0 Å². The Morgan fingerprint density at radius 3 is 2.60 bits per heavy atom. The number of hydrogen-bond acceptors (Lipinski definition) is 7. The van der Waals surface area contributed by atoms with Crippen LogP contribution in [0.4, 0.5) is 0 Å². The minimum absolute atomic E-state index is 0.160. The molecular weight excluding hydrogens is 440 g/mol. The minimum atomic E-state index is 0.160. The summed E-state index contributed by atoms with van der Waals surface area (Å²) in [7, 11) is 1.87. The molecule has 0 radical (unpaired) electrons. The summed E-state index contributed by atoms with van der Waals surface area (Å²) in [5.74, 6) is 4.26. The Morgan fingerprint density at radius 1 is 1.09 bits per heavy atom. The van der Waals surface area contributed by atoms with Crippen molar-refractivity contribution >= 4 is 0 Å². The molecule has 7 heteroatoms. The second-order valence-electron chi connectivity index (χ2n) is 12.0. The molecule has 0 bridgehead atoms. The number of methoxy groups -OCH3 is 1. The standard InChI is InChI=1S/C28H44N4O3/c1-14-25(15(2)35-32-14)22-11-23-21(12-24(22)34-4)26-27(29-16(3)30-28(26)31-23)20-10-9-17(13-33)18-7-5-6-8-19(18)20/h9-11,14-22,24-25,27,29-33H,5-8,12-13H2,1-4H3/t14?,15-,16?,17?,18?,19?,20?,21?,22?,24?,25?,27?/m0/s1. The Kier molecular flexibility index (Phi) is 6.50. The lowest BCUT2D eigenvalue weighted by molar-refractivity contribution is -0.00435. The second kappa shape index (κ2) is 9.49. The van der Waals surface area contributed by atoms with Gasteiger partial charge in [0.25, 0.3) is 0 Å². The van der Waals surface area contributed by atoms with Crippen LogP contribution < -0.4 is 21.4 Å². The number of ether oxygens (including phenoxy) is 1. The predicted octanol–water partition coefficient (Wildman–Crippen LogP) is 2.77. The van der Waals surface area contributed by atoms with Gasteiger partial charge in [0.1, 0.15) is 5.82 Å². The normalized spacial score (nSPS) is 49.0. The highest BCUT2D eigenvalue weighted by Gasteiger charge is 2.51. The van der Waals surface area contributed by atoms with Crippen molar-refractivity contribution in [3.63, 3.8) is 0 Å². The van der Waals surface area contributed by atoms with Crippen molar-refractivity contribution in [1.82, 2.24) is 21.4 Å². The van der Waals surface area contributed by atoms with Gasteiger partial charge in [-0.1, -0.05) is 31.1 Å². The van der Waals surface area contributed by atoms with E-state index in [1.54, 1.807) is 0 Å². The van der Waals surface area contributed by atoms with E-state index in [0.29, 0.717) is 53.5 Å². The van der Waals surface area contributed by atoms with E-state index in [4.69, 9.17) is 9.57 Å². The van der Waals surface area contributed by atoms with Crippen LogP contribution in [0.15, 0.2) is 35.3 Å². The molecule has 3 aliphatic heterocycles. The molecule has 11 unspecified atom stereocenters. The molecule has 194 valence electrons.